The number of hydrogen-bond donors (Lipinski definition) is 2. The Morgan fingerprint density at radius 2 is 2.25 bits per heavy atom. The summed E-state index contributed by atoms with van der Waals surface area (Å²) in [5, 5.41) is 3.17. The first-order valence-corrected chi connectivity index (χ1v) is 6.58. The van der Waals surface area contributed by atoms with Crippen molar-refractivity contribution in [2.75, 3.05) is 25.9 Å². The summed E-state index contributed by atoms with van der Waals surface area (Å²) in [6, 6.07) is 4.70. The van der Waals surface area contributed by atoms with Gasteiger partial charge >= 0.3 is 6.09 Å². The maximum atomic E-state index is 12.3. The van der Waals surface area contributed by atoms with Crippen LogP contribution in [0.4, 0.5) is 10.5 Å². The predicted octanol–water partition coefficient (Wildman–Crippen LogP) is 1.49. The van der Waals surface area contributed by atoms with Gasteiger partial charge in [-0.05, 0) is 24.6 Å². The number of rotatable bonds is 2. The average Bonchev–Trinajstić information content (AvgIpc) is 2.86. The van der Waals surface area contributed by atoms with Crippen LogP contribution < -0.4 is 11.1 Å². The molecule has 1 aromatic carbocycles. The molecule has 1 heterocycles. The van der Waals surface area contributed by atoms with Crippen LogP contribution in [0.2, 0.25) is 5.02 Å². The van der Waals surface area contributed by atoms with Gasteiger partial charge in [0.15, 0.2) is 0 Å². The lowest BCUT2D eigenvalue weighted by molar-refractivity contribution is 0.0789. The Morgan fingerprint density at radius 3 is 2.90 bits per heavy atom. The monoisotopic (exact) mass is 297 g/mol. The van der Waals surface area contributed by atoms with Gasteiger partial charge in [-0.1, -0.05) is 11.6 Å². The molecule has 6 nitrogen and oxygen atoms in total. The maximum absolute atomic E-state index is 12.3. The van der Waals surface area contributed by atoms with Crippen molar-refractivity contribution < 1.29 is 14.3 Å². The molecule has 0 saturated carbocycles. The van der Waals surface area contributed by atoms with Crippen LogP contribution in [0.15, 0.2) is 18.2 Å². The van der Waals surface area contributed by atoms with E-state index in [0.717, 1.165) is 0 Å². The van der Waals surface area contributed by atoms with E-state index in [1.807, 2.05) is 0 Å². The molecule has 1 aliphatic rings. The number of alkyl carbamates (subject to hydrolysis) is 1. The molecule has 1 atom stereocenters. The number of anilines is 1. The molecule has 1 saturated heterocycles. The third-order valence-corrected chi connectivity index (χ3v) is 3.46. The Balaban J connectivity index is 2.02. The fraction of sp³-hybridized carbons (Fsp3) is 0.385. The Bertz CT molecular complexity index is 536. The van der Waals surface area contributed by atoms with Gasteiger partial charge in [0.05, 0.1) is 18.7 Å². The Labute approximate surface area is 121 Å². The Hall–Kier alpha value is -1.95. The molecule has 1 unspecified atom stereocenters. The number of benzene rings is 1. The molecule has 0 aromatic heterocycles. The molecule has 20 heavy (non-hydrogen) atoms. The second kappa shape index (κ2) is 6.00. The van der Waals surface area contributed by atoms with E-state index >= 15 is 0 Å². The first-order chi connectivity index (χ1) is 9.51. The van der Waals surface area contributed by atoms with E-state index in [4.69, 9.17) is 17.3 Å². The molecule has 0 aliphatic carbocycles. The zero-order valence-electron chi connectivity index (χ0n) is 11.1. The van der Waals surface area contributed by atoms with Crippen LogP contribution in [0.3, 0.4) is 0 Å². The molecule has 108 valence electrons. The lowest BCUT2D eigenvalue weighted by Gasteiger charge is -2.18. The maximum Gasteiger partial charge on any atom is 0.407 e. The molecule has 2 rings (SSSR count). The smallest absolute Gasteiger partial charge is 0.407 e. The number of ether oxygens (including phenoxy) is 1. The van der Waals surface area contributed by atoms with Crippen molar-refractivity contribution in [2.45, 2.75) is 12.5 Å². The highest BCUT2D eigenvalue weighted by molar-refractivity contribution is 6.31. The van der Waals surface area contributed by atoms with Crippen molar-refractivity contribution in [3.63, 3.8) is 0 Å². The molecule has 0 bridgehead atoms. The number of nitrogens with two attached hydrogens (primary N) is 1. The topological polar surface area (TPSA) is 84.7 Å². The summed E-state index contributed by atoms with van der Waals surface area (Å²) in [6.07, 6.45) is 0.198. The summed E-state index contributed by atoms with van der Waals surface area (Å²) < 4.78 is 4.54. The van der Waals surface area contributed by atoms with E-state index < -0.39 is 6.09 Å². The minimum absolute atomic E-state index is 0.0973. The molecular weight excluding hydrogens is 282 g/mol. The number of nitrogen functional groups attached to an aromatic ring is 1. The lowest BCUT2D eigenvalue weighted by atomic mass is 10.1. The quantitative estimate of drug-likeness (QED) is 0.810. The molecule has 1 aromatic rings. The number of nitrogens with one attached hydrogen (secondary N) is 1. The van der Waals surface area contributed by atoms with Crippen molar-refractivity contribution >= 4 is 29.3 Å². The molecular formula is C13H16ClN3O3. The van der Waals surface area contributed by atoms with Crippen LogP contribution in [0.25, 0.3) is 0 Å². The van der Waals surface area contributed by atoms with Crippen molar-refractivity contribution in [1.82, 2.24) is 10.2 Å². The highest BCUT2D eigenvalue weighted by Gasteiger charge is 2.28. The first kappa shape index (κ1) is 14.5. The van der Waals surface area contributed by atoms with Crippen LogP contribution in [0.5, 0.6) is 0 Å². The van der Waals surface area contributed by atoms with Gasteiger partial charge in [0, 0.05) is 23.8 Å². The number of halogens is 1. The van der Waals surface area contributed by atoms with Crippen LogP contribution in [0.1, 0.15) is 16.8 Å². The fourth-order valence-electron chi connectivity index (χ4n) is 2.19. The van der Waals surface area contributed by atoms with Crippen molar-refractivity contribution in [3.8, 4) is 0 Å². The van der Waals surface area contributed by atoms with Crippen LogP contribution in [-0.4, -0.2) is 43.1 Å². The molecule has 2 amide bonds. The van der Waals surface area contributed by atoms with Gasteiger partial charge in [0.25, 0.3) is 5.91 Å². The summed E-state index contributed by atoms with van der Waals surface area (Å²) in [5.74, 6) is -0.159. The third-order valence-electron chi connectivity index (χ3n) is 3.23. The standard InChI is InChI=1S/C13H16ClN3O3/c1-20-13(19)16-9-4-5-17(7-9)12(18)10-3-2-8(14)6-11(10)15/h2-3,6,9H,4-5,7,15H2,1H3,(H,16,19). The number of hydrogen-bond acceptors (Lipinski definition) is 4. The van der Waals surface area contributed by atoms with Crippen LogP contribution in [-0.2, 0) is 4.74 Å². The fourth-order valence-corrected chi connectivity index (χ4v) is 2.37. The van der Waals surface area contributed by atoms with Gasteiger partial charge in [-0.3, -0.25) is 4.79 Å². The van der Waals surface area contributed by atoms with Crippen molar-refractivity contribution in [3.05, 3.63) is 28.8 Å². The molecule has 0 spiro atoms. The van der Waals surface area contributed by atoms with E-state index in [9.17, 15) is 9.59 Å². The second-order valence-corrected chi connectivity index (χ2v) is 5.04. The van der Waals surface area contributed by atoms with E-state index in [1.54, 1.807) is 23.1 Å². The van der Waals surface area contributed by atoms with Gasteiger partial charge in [0.2, 0.25) is 0 Å². The third kappa shape index (κ3) is 3.14. The zero-order chi connectivity index (χ0) is 14.7. The van der Waals surface area contributed by atoms with Gasteiger partial charge in [-0.2, -0.15) is 0 Å². The van der Waals surface area contributed by atoms with E-state index in [-0.39, 0.29) is 11.9 Å². The molecule has 7 heteroatoms. The number of methoxy groups -OCH3 is 1. The summed E-state index contributed by atoms with van der Waals surface area (Å²) in [5.41, 5.74) is 6.58. The molecule has 3 N–H and O–H groups in total. The Morgan fingerprint density at radius 1 is 1.50 bits per heavy atom. The summed E-state index contributed by atoms with van der Waals surface area (Å²) in [7, 11) is 1.31. The number of nitrogens with zero attached hydrogens (tertiary/aromatic N) is 1. The minimum atomic E-state index is -0.490. The average molecular weight is 298 g/mol. The number of carbonyl (C=O) groups excluding carboxylic acids is 2. The first-order valence-electron chi connectivity index (χ1n) is 6.20. The highest BCUT2D eigenvalue weighted by atomic mass is 35.5. The lowest BCUT2D eigenvalue weighted by Crippen LogP contribution is -2.38. The highest BCUT2D eigenvalue weighted by Crippen LogP contribution is 2.21. The van der Waals surface area contributed by atoms with E-state index in [2.05, 4.69) is 10.1 Å². The number of amides is 2. The summed E-state index contributed by atoms with van der Waals surface area (Å²) in [6.45, 7) is 1.01. The van der Waals surface area contributed by atoms with Crippen molar-refractivity contribution in [2.24, 2.45) is 0 Å². The minimum Gasteiger partial charge on any atom is -0.453 e. The van der Waals surface area contributed by atoms with Gasteiger partial charge in [-0.15, -0.1) is 0 Å². The number of carbonyl (C=O) groups is 2. The Kier molecular flexibility index (Phi) is 4.34. The van der Waals surface area contributed by atoms with E-state index in [0.29, 0.717) is 35.8 Å². The second-order valence-electron chi connectivity index (χ2n) is 4.60. The van der Waals surface area contributed by atoms with Crippen LogP contribution >= 0.6 is 11.6 Å². The van der Waals surface area contributed by atoms with Gasteiger partial charge < -0.3 is 20.7 Å². The largest absolute Gasteiger partial charge is 0.453 e. The van der Waals surface area contributed by atoms with E-state index in [1.165, 1.54) is 7.11 Å². The molecule has 1 fully saturated rings. The van der Waals surface area contributed by atoms with Crippen molar-refractivity contribution in [1.29, 1.82) is 0 Å². The zero-order valence-corrected chi connectivity index (χ0v) is 11.8. The van der Waals surface area contributed by atoms with Crippen LogP contribution in [0, 0.1) is 0 Å². The molecule has 1 aliphatic heterocycles. The summed E-state index contributed by atoms with van der Waals surface area (Å²) in [4.78, 5) is 25.1. The number of likely N-dealkylation sites (tertiary alicyclic amines) is 1. The van der Waals surface area contributed by atoms with Gasteiger partial charge in [0.1, 0.15) is 0 Å². The predicted molar refractivity (Wildman–Crippen MR) is 75.7 cm³/mol. The SMILES string of the molecule is COC(=O)NC1CCN(C(=O)c2ccc(Cl)cc2N)C1. The normalized spacial score (nSPS) is 17.9. The summed E-state index contributed by atoms with van der Waals surface area (Å²) >= 11 is 5.81. The van der Waals surface area contributed by atoms with Gasteiger partial charge in [-0.25, -0.2) is 4.79 Å². The molecule has 0 radical (unpaired) electrons.